The monoisotopic (exact) mass is 292 g/mol. The van der Waals surface area contributed by atoms with Gasteiger partial charge in [0.2, 0.25) is 0 Å². The quantitative estimate of drug-likeness (QED) is 0.798. The fraction of sp³-hybridized carbons (Fsp3) is 0.533. The normalized spacial score (nSPS) is 16.9. The molecule has 0 amide bonds. The highest BCUT2D eigenvalue weighted by atomic mass is 16.5. The molecule has 6 heteroatoms. The van der Waals surface area contributed by atoms with Crippen molar-refractivity contribution in [2.75, 3.05) is 19.8 Å². The summed E-state index contributed by atoms with van der Waals surface area (Å²) in [6, 6.07) is 5.83. The van der Waals surface area contributed by atoms with E-state index in [0.717, 1.165) is 23.6 Å². The maximum atomic E-state index is 8.90. The first-order valence-corrected chi connectivity index (χ1v) is 7.13. The number of aliphatic hydroxyl groups is 1. The summed E-state index contributed by atoms with van der Waals surface area (Å²) < 4.78 is 16.1. The van der Waals surface area contributed by atoms with Crippen LogP contribution in [0.25, 0.3) is 0 Å². The molecule has 6 nitrogen and oxygen atoms in total. The lowest BCUT2D eigenvalue weighted by molar-refractivity contribution is -0.0762. The number of nitrogens with zero attached hydrogens (tertiary/aromatic N) is 1. The van der Waals surface area contributed by atoms with E-state index in [4.69, 9.17) is 18.8 Å². The third-order valence-corrected chi connectivity index (χ3v) is 3.68. The summed E-state index contributed by atoms with van der Waals surface area (Å²) in [6.07, 6.45) is 1.23. The van der Waals surface area contributed by atoms with Crippen LogP contribution in [0.5, 0.6) is 0 Å². The molecule has 1 aliphatic heterocycles. The molecule has 114 valence electrons. The Morgan fingerprint density at radius 1 is 1.33 bits per heavy atom. The van der Waals surface area contributed by atoms with E-state index < -0.39 is 0 Å². The molecule has 0 aromatic carbocycles. The summed E-state index contributed by atoms with van der Waals surface area (Å²) in [5, 5.41) is 16.5. The molecule has 1 aliphatic rings. The van der Waals surface area contributed by atoms with E-state index in [-0.39, 0.29) is 12.1 Å². The van der Waals surface area contributed by atoms with Crippen LogP contribution in [0.15, 0.2) is 27.1 Å². The van der Waals surface area contributed by atoms with Gasteiger partial charge in [-0.25, -0.2) is 0 Å². The van der Waals surface area contributed by atoms with Crippen molar-refractivity contribution < 1.29 is 18.8 Å². The lowest BCUT2D eigenvalue weighted by atomic mass is 9.91. The number of aliphatic hydroxyl groups excluding tert-OH is 1. The molecule has 0 aliphatic carbocycles. The van der Waals surface area contributed by atoms with Gasteiger partial charge in [0.25, 0.3) is 0 Å². The predicted molar refractivity (Wildman–Crippen MR) is 74.8 cm³/mol. The molecule has 3 rings (SSSR count). The lowest BCUT2D eigenvalue weighted by Crippen LogP contribution is -2.61. The Labute approximate surface area is 123 Å². The van der Waals surface area contributed by atoms with Crippen molar-refractivity contribution in [3.05, 3.63) is 41.2 Å². The van der Waals surface area contributed by atoms with Crippen molar-refractivity contribution in [1.82, 2.24) is 10.5 Å². The van der Waals surface area contributed by atoms with Crippen LogP contribution < -0.4 is 5.32 Å². The zero-order valence-corrected chi connectivity index (χ0v) is 12.1. The molecule has 0 spiro atoms. The van der Waals surface area contributed by atoms with Gasteiger partial charge in [-0.3, -0.25) is 5.32 Å². The van der Waals surface area contributed by atoms with E-state index in [9.17, 15) is 0 Å². The topological polar surface area (TPSA) is 80.7 Å². The first-order chi connectivity index (χ1) is 10.2. The molecule has 0 saturated carbocycles. The third-order valence-electron chi connectivity index (χ3n) is 3.68. The number of rotatable bonds is 7. The minimum Gasteiger partial charge on any atom is -0.465 e. The first kappa shape index (κ1) is 14.3. The summed E-state index contributed by atoms with van der Waals surface area (Å²) in [6.45, 7) is 3.96. The summed E-state index contributed by atoms with van der Waals surface area (Å²) in [7, 11) is 0. The fourth-order valence-electron chi connectivity index (χ4n) is 2.48. The van der Waals surface area contributed by atoms with Crippen molar-refractivity contribution in [1.29, 1.82) is 0 Å². The minimum atomic E-state index is -0.117. The van der Waals surface area contributed by atoms with Crippen LogP contribution in [0.3, 0.4) is 0 Å². The van der Waals surface area contributed by atoms with E-state index in [0.29, 0.717) is 31.9 Å². The molecule has 2 N–H and O–H groups in total. The standard InChI is InChI=1S/C15H20N2O4/c1-11-2-3-14(20-11)8-16-15(9-19-10-15)7-12-6-13(4-5-18)21-17-12/h2-3,6,16,18H,4-5,7-10H2,1H3. The average molecular weight is 292 g/mol. The van der Waals surface area contributed by atoms with Gasteiger partial charge in [-0.15, -0.1) is 0 Å². The van der Waals surface area contributed by atoms with Crippen molar-refractivity contribution >= 4 is 0 Å². The summed E-state index contributed by atoms with van der Waals surface area (Å²) in [4.78, 5) is 0. The minimum absolute atomic E-state index is 0.0684. The van der Waals surface area contributed by atoms with Crippen molar-refractivity contribution in [3.8, 4) is 0 Å². The fourth-order valence-corrected chi connectivity index (χ4v) is 2.48. The maximum Gasteiger partial charge on any atom is 0.139 e. The summed E-state index contributed by atoms with van der Waals surface area (Å²) >= 11 is 0. The molecular weight excluding hydrogens is 272 g/mol. The van der Waals surface area contributed by atoms with Crippen LogP contribution in [-0.2, 0) is 24.1 Å². The van der Waals surface area contributed by atoms with Gasteiger partial charge in [-0.2, -0.15) is 0 Å². The van der Waals surface area contributed by atoms with Crippen LogP contribution in [0.4, 0.5) is 0 Å². The summed E-state index contributed by atoms with van der Waals surface area (Å²) in [5.74, 6) is 2.54. The van der Waals surface area contributed by atoms with Gasteiger partial charge < -0.3 is 18.8 Å². The predicted octanol–water partition coefficient (Wildman–Crippen LogP) is 1.21. The number of hydrogen-bond acceptors (Lipinski definition) is 6. The molecule has 0 radical (unpaired) electrons. The number of ether oxygens (including phenoxy) is 1. The Bertz CT molecular complexity index is 586. The van der Waals surface area contributed by atoms with Gasteiger partial charge in [0.1, 0.15) is 17.3 Å². The Morgan fingerprint density at radius 3 is 2.81 bits per heavy atom. The van der Waals surface area contributed by atoms with Crippen LogP contribution in [-0.4, -0.2) is 35.6 Å². The SMILES string of the molecule is Cc1ccc(CNC2(Cc3cc(CCO)on3)COC2)o1. The smallest absolute Gasteiger partial charge is 0.139 e. The van der Waals surface area contributed by atoms with E-state index in [1.807, 2.05) is 25.1 Å². The van der Waals surface area contributed by atoms with E-state index >= 15 is 0 Å². The Kier molecular flexibility index (Phi) is 4.10. The molecule has 1 fully saturated rings. The molecule has 21 heavy (non-hydrogen) atoms. The molecule has 2 aromatic heterocycles. The van der Waals surface area contributed by atoms with Gasteiger partial charge >= 0.3 is 0 Å². The van der Waals surface area contributed by atoms with E-state index in [2.05, 4.69) is 10.5 Å². The molecule has 0 atom stereocenters. The van der Waals surface area contributed by atoms with Crippen LogP contribution >= 0.6 is 0 Å². The largest absolute Gasteiger partial charge is 0.465 e. The van der Waals surface area contributed by atoms with Gasteiger partial charge in [-0.1, -0.05) is 5.16 Å². The zero-order valence-electron chi connectivity index (χ0n) is 12.1. The molecule has 1 saturated heterocycles. The van der Waals surface area contributed by atoms with E-state index in [1.165, 1.54) is 0 Å². The second-order valence-corrected chi connectivity index (χ2v) is 5.57. The Balaban J connectivity index is 1.60. The average Bonchev–Trinajstić information content (AvgIpc) is 3.02. The first-order valence-electron chi connectivity index (χ1n) is 7.13. The highest BCUT2D eigenvalue weighted by Crippen LogP contribution is 2.23. The van der Waals surface area contributed by atoms with Gasteiger partial charge in [-0.05, 0) is 19.1 Å². The molecule has 0 bridgehead atoms. The van der Waals surface area contributed by atoms with Crippen LogP contribution in [0.1, 0.15) is 23.0 Å². The second kappa shape index (κ2) is 6.01. The number of aromatic nitrogens is 1. The number of hydrogen-bond donors (Lipinski definition) is 2. The molecule has 0 unspecified atom stereocenters. The maximum absolute atomic E-state index is 8.90. The van der Waals surface area contributed by atoms with Gasteiger partial charge in [0, 0.05) is 18.9 Å². The van der Waals surface area contributed by atoms with E-state index in [1.54, 1.807) is 0 Å². The van der Waals surface area contributed by atoms with Crippen molar-refractivity contribution in [2.45, 2.75) is 31.8 Å². The zero-order chi connectivity index (χ0) is 14.7. The molecule has 2 aromatic rings. The van der Waals surface area contributed by atoms with Gasteiger partial charge in [0.05, 0.1) is 37.6 Å². The van der Waals surface area contributed by atoms with Crippen molar-refractivity contribution in [3.63, 3.8) is 0 Å². The number of furan rings is 1. The highest BCUT2D eigenvalue weighted by Gasteiger charge is 2.39. The number of nitrogens with one attached hydrogen (secondary N) is 1. The Hall–Kier alpha value is -1.63. The Morgan fingerprint density at radius 2 is 2.19 bits per heavy atom. The van der Waals surface area contributed by atoms with Crippen LogP contribution in [0.2, 0.25) is 0 Å². The molecular formula is C15H20N2O4. The van der Waals surface area contributed by atoms with Crippen molar-refractivity contribution in [2.24, 2.45) is 0 Å². The van der Waals surface area contributed by atoms with Crippen LogP contribution in [0, 0.1) is 6.92 Å². The highest BCUT2D eigenvalue weighted by molar-refractivity contribution is 5.13. The van der Waals surface area contributed by atoms with Gasteiger partial charge in [0.15, 0.2) is 0 Å². The lowest BCUT2D eigenvalue weighted by Gasteiger charge is -2.41. The summed E-state index contributed by atoms with van der Waals surface area (Å²) in [5.41, 5.74) is 0.763. The number of aryl methyl sites for hydroxylation is 1. The third kappa shape index (κ3) is 3.34. The second-order valence-electron chi connectivity index (χ2n) is 5.57. The molecule has 3 heterocycles.